The predicted octanol–water partition coefficient (Wildman–Crippen LogP) is 6.58. The molecule has 24 heavy (non-hydrogen) atoms. The molecule has 0 nitrogen and oxygen atoms in total. The maximum absolute atomic E-state index is 2.61. The van der Waals surface area contributed by atoms with Gasteiger partial charge in [0.1, 0.15) is 0 Å². The van der Waals surface area contributed by atoms with Crippen molar-refractivity contribution in [1.82, 2.24) is 0 Å². The molecule has 124 valence electrons. The molecule has 1 spiro atoms. The molecule has 2 aliphatic carbocycles. The van der Waals surface area contributed by atoms with E-state index in [9.17, 15) is 0 Å². The van der Waals surface area contributed by atoms with Gasteiger partial charge < -0.3 is 0 Å². The van der Waals surface area contributed by atoms with Crippen molar-refractivity contribution < 1.29 is 0 Å². The maximum Gasteiger partial charge on any atom is -0.00682 e. The summed E-state index contributed by atoms with van der Waals surface area (Å²) in [4.78, 5) is 0. The van der Waals surface area contributed by atoms with Crippen molar-refractivity contribution in [3.63, 3.8) is 0 Å². The Bertz CT molecular complexity index is 816. The fraction of sp³-hybridized carbons (Fsp3) is 0.417. The first-order valence-corrected chi connectivity index (χ1v) is 9.41. The molecule has 0 aliphatic heterocycles. The first-order valence-electron chi connectivity index (χ1n) is 9.41. The van der Waals surface area contributed by atoms with Crippen molar-refractivity contribution in [3.05, 3.63) is 75.9 Å². The zero-order valence-electron chi connectivity index (χ0n) is 15.4. The molecule has 2 aromatic carbocycles. The second-order valence-electron chi connectivity index (χ2n) is 8.34. The highest BCUT2D eigenvalue weighted by Gasteiger charge is 2.39. The molecule has 0 saturated heterocycles. The van der Waals surface area contributed by atoms with E-state index < -0.39 is 0 Å². The van der Waals surface area contributed by atoms with Crippen LogP contribution in [0.15, 0.2) is 42.5 Å². The van der Waals surface area contributed by atoms with Gasteiger partial charge in [0.25, 0.3) is 0 Å². The number of hydrogen-bond acceptors (Lipinski definition) is 0. The third-order valence-corrected chi connectivity index (χ3v) is 6.10. The largest absolute Gasteiger partial charge is 0.0695 e. The predicted molar refractivity (Wildman–Crippen MR) is 104 cm³/mol. The molecule has 0 amide bonds. The topological polar surface area (TPSA) is 0 Å². The number of allylic oxidation sites excluding steroid dienone is 1. The Labute approximate surface area is 146 Å². The number of benzene rings is 2. The van der Waals surface area contributed by atoms with E-state index in [-0.39, 0.29) is 0 Å². The highest BCUT2D eigenvalue weighted by atomic mass is 14.4. The van der Waals surface area contributed by atoms with Gasteiger partial charge >= 0.3 is 0 Å². The average Bonchev–Trinajstić information content (AvgIpc) is 2.51. The maximum atomic E-state index is 2.61. The smallest absolute Gasteiger partial charge is 0.00682 e. The van der Waals surface area contributed by atoms with E-state index >= 15 is 0 Å². The molecule has 1 fully saturated rings. The Morgan fingerprint density at radius 1 is 0.958 bits per heavy atom. The van der Waals surface area contributed by atoms with Crippen molar-refractivity contribution in [2.75, 3.05) is 0 Å². The summed E-state index contributed by atoms with van der Waals surface area (Å²) in [5.74, 6) is 0.590. The summed E-state index contributed by atoms with van der Waals surface area (Å²) < 4.78 is 0. The van der Waals surface area contributed by atoms with Crippen molar-refractivity contribution >= 4 is 5.57 Å². The molecule has 0 aromatic heterocycles. The summed E-state index contributed by atoms with van der Waals surface area (Å²) in [6, 6.07) is 14.1. The van der Waals surface area contributed by atoms with Crippen molar-refractivity contribution in [3.8, 4) is 0 Å². The molecular formula is C24H28. The minimum atomic E-state index is 0.431. The Morgan fingerprint density at radius 2 is 1.75 bits per heavy atom. The summed E-state index contributed by atoms with van der Waals surface area (Å²) in [6.07, 6.45) is 7.94. The first kappa shape index (κ1) is 15.7. The van der Waals surface area contributed by atoms with Crippen LogP contribution in [0.3, 0.4) is 0 Å². The average molecular weight is 316 g/mol. The van der Waals surface area contributed by atoms with Crippen LogP contribution >= 0.6 is 0 Å². The lowest BCUT2D eigenvalue weighted by Crippen LogP contribution is -2.32. The lowest BCUT2D eigenvalue weighted by molar-refractivity contribution is 0.201. The standard InChI is InChI=1S/C24H28/c1-16(2)21-9-7-19(13-18(21)4)23-15-24(10-5-11-24)14-20-12-17(3)6-8-22(20)23/h6-9,12-13,15-16H,5,10-11,14H2,1-4H3. The molecule has 0 atom stereocenters. The van der Waals surface area contributed by atoms with Gasteiger partial charge in [-0.2, -0.15) is 0 Å². The quantitative estimate of drug-likeness (QED) is 0.586. The van der Waals surface area contributed by atoms with Crippen LogP contribution in [0.2, 0.25) is 0 Å². The van der Waals surface area contributed by atoms with E-state index in [1.165, 1.54) is 59.1 Å². The normalized spacial score (nSPS) is 18.3. The minimum Gasteiger partial charge on any atom is -0.0695 e. The molecule has 4 rings (SSSR count). The summed E-state index contributed by atoms with van der Waals surface area (Å²) in [5, 5.41) is 0. The van der Waals surface area contributed by atoms with Crippen LogP contribution in [0.4, 0.5) is 0 Å². The zero-order valence-corrected chi connectivity index (χ0v) is 15.4. The first-order chi connectivity index (χ1) is 11.5. The molecule has 0 heterocycles. The Morgan fingerprint density at radius 3 is 2.38 bits per heavy atom. The summed E-state index contributed by atoms with van der Waals surface area (Å²) in [6.45, 7) is 9.04. The molecule has 0 bridgehead atoms. The van der Waals surface area contributed by atoms with Gasteiger partial charge in [-0.05, 0) is 77.8 Å². The molecule has 1 saturated carbocycles. The lowest BCUT2D eigenvalue weighted by Gasteiger charge is -2.43. The highest BCUT2D eigenvalue weighted by Crippen LogP contribution is 2.51. The van der Waals surface area contributed by atoms with Crippen LogP contribution in [0, 0.1) is 19.3 Å². The SMILES string of the molecule is Cc1ccc2c(c1)CC1(C=C2c2ccc(C(C)C)c(C)c2)CCC1. The van der Waals surface area contributed by atoms with Crippen LogP contribution in [0.1, 0.15) is 72.4 Å². The second-order valence-corrected chi connectivity index (χ2v) is 8.34. The van der Waals surface area contributed by atoms with Gasteiger partial charge in [-0.3, -0.25) is 0 Å². The van der Waals surface area contributed by atoms with Gasteiger partial charge in [-0.15, -0.1) is 0 Å². The lowest BCUT2D eigenvalue weighted by atomic mass is 9.61. The molecule has 0 unspecified atom stereocenters. The molecular weight excluding hydrogens is 288 g/mol. The van der Waals surface area contributed by atoms with Crippen LogP contribution in [0.25, 0.3) is 5.57 Å². The second kappa shape index (κ2) is 5.62. The molecule has 0 N–H and O–H groups in total. The van der Waals surface area contributed by atoms with Crippen molar-refractivity contribution in [1.29, 1.82) is 0 Å². The van der Waals surface area contributed by atoms with Crippen LogP contribution < -0.4 is 0 Å². The molecule has 0 radical (unpaired) electrons. The third kappa shape index (κ3) is 2.53. The van der Waals surface area contributed by atoms with E-state index in [1.54, 1.807) is 5.56 Å². The van der Waals surface area contributed by atoms with Crippen LogP contribution in [-0.2, 0) is 6.42 Å². The third-order valence-electron chi connectivity index (χ3n) is 6.10. The molecule has 0 heteroatoms. The van der Waals surface area contributed by atoms with E-state index in [2.05, 4.69) is 70.2 Å². The Kier molecular flexibility index (Phi) is 3.67. The number of rotatable bonds is 2. The number of hydrogen-bond donors (Lipinski definition) is 0. The monoisotopic (exact) mass is 316 g/mol. The van der Waals surface area contributed by atoms with Gasteiger partial charge in [0, 0.05) is 0 Å². The Balaban J connectivity index is 1.85. The van der Waals surface area contributed by atoms with Crippen molar-refractivity contribution in [2.24, 2.45) is 5.41 Å². The van der Waals surface area contributed by atoms with Gasteiger partial charge in [-0.1, -0.05) is 68.3 Å². The van der Waals surface area contributed by atoms with E-state index in [1.807, 2.05) is 0 Å². The summed E-state index contributed by atoms with van der Waals surface area (Å²) in [7, 11) is 0. The molecule has 2 aliphatic rings. The van der Waals surface area contributed by atoms with E-state index in [0.29, 0.717) is 11.3 Å². The van der Waals surface area contributed by atoms with Crippen molar-refractivity contribution in [2.45, 2.75) is 59.3 Å². The van der Waals surface area contributed by atoms with Gasteiger partial charge in [0.05, 0.1) is 0 Å². The fourth-order valence-electron chi connectivity index (χ4n) is 4.63. The highest BCUT2D eigenvalue weighted by molar-refractivity contribution is 5.84. The fourth-order valence-corrected chi connectivity index (χ4v) is 4.63. The number of fused-ring (bicyclic) bond motifs is 1. The Hall–Kier alpha value is -1.82. The van der Waals surface area contributed by atoms with Gasteiger partial charge in [-0.25, -0.2) is 0 Å². The zero-order chi connectivity index (χ0) is 16.9. The molecule has 2 aromatic rings. The van der Waals surface area contributed by atoms with Crippen LogP contribution in [-0.4, -0.2) is 0 Å². The van der Waals surface area contributed by atoms with E-state index in [4.69, 9.17) is 0 Å². The summed E-state index contributed by atoms with van der Waals surface area (Å²) >= 11 is 0. The summed E-state index contributed by atoms with van der Waals surface area (Å²) in [5.41, 5.74) is 10.6. The number of aryl methyl sites for hydroxylation is 2. The van der Waals surface area contributed by atoms with Crippen LogP contribution in [0.5, 0.6) is 0 Å². The van der Waals surface area contributed by atoms with Gasteiger partial charge in [0.2, 0.25) is 0 Å². The van der Waals surface area contributed by atoms with Gasteiger partial charge in [0.15, 0.2) is 0 Å². The minimum absolute atomic E-state index is 0.431. The van der Waals surface area contributed by atoms with E-state index in [0.717, 1.165) is 0 Å².